The van der Waals surface area contributed by atoms with Crippen molar-refractivity contribution in [3.05, 3.63) is 16.1 Å². The van der Waals surface area contributed by atoms with Gasteiger partial charge in [0, 0.05) is 50.7 Å². The molecule has 1 aromatic heterocycles. The summed E-state index contributed by atoms with van der Waals surface area (Å²) in [6.07, 6.45) is 2.68. The van der Waals surface area contributed by atoms with Gasteiger partial charge in [-0.15, -0.1) is 35.3 Å². The Morgan fingerprint density at radius 3 is 2.42 bits per heavy atom. The summed E-state index contributed by atoms with van der Waals surface area (Å²) in [6, 6.07) is 0. The van der Waals surface area contributed by atoms with Gasteiger partial charge in [0.1, 0.15) is 0 Å². The monoisotopic (exact) mass is 489 g/mol. The molecule has 0 aliphatic heterocycles. The Kier molecular flexibility index (Phi) is 11.8. The van der Waals surface area contributed by atoms with E-state index >= 15 is 0 Å². The van der Waals surface area contributed by atoms with Crippen molar-refractivity contribution in [2.45, 2.75) is 27.2 Å². The van der Waals surface area contributed by atoms with Crippen LogP contribution in [0.2, 0.25) is 0 Å². The Balaban J connectivity index is 0.00000529. The predicted molar refractivity (Wildman–Crippen MR) is 112 cm³/mol. The van der Waals surface area contributed by atoms with E-state index in [-0.39, 0.29) is 29.7 Å². The molecule has 0 fully saturated rings. The molecular weight excluding hydrogens is 461 g/mol. The highest BCUT2D eigenvalue weighted by atomic mass is 127. The lowest BCUT2D eigenvalue weighted by atomic mass is 10.4. The molecule has 0 unspecified atom stereocenters. The fraction of sp³-hybridized carbons (Fsp3) is 0.714. The molecule has 24 heavy (non-hydrogen) atoms. The number of nitrogens with zero attached hydrogens (tertiary/aromatic N) is 3. The number of sulfonamides is 1. The second kappa shape index (κ2) is 12.0. The van der Waals surface area contributed by atoms with E-state index in [9.17, 15) is 8.42 Å². The maximum Gasteiger partial charge on any atom is 0.215 e. The van der Waals surface area contributed by atoms with Crippen molar-refractivity contribution in [1.29, 1.82) is 0 Å². The van der Waals surface area contributed by atoms with Crippen LogP contribution in [0.5, 0.6) is 0 Å². The molecule has 0 atom stereocenters. The van der Waals surface area contributed by atoms with E-state index in [4.69, 9.17) is 0 Å². The number of hydrogen-bond acceptors (Lipinski definition) is 5. The van der Waals surface area contributed by atoms with Crippen LogP contribution in [0.15, 0.2) is 11.2 Å². The highest BCUT2D eigenvalue weighted by molar-refractivity contribution is 14.0. The first kappa shape index (κ1) is 23.5. The van der Waals surface area contributed by atoms with Gasteiger partial charge < -0.3 is 10.6 Å². The molecule has 0 radical (unpaired) electrons. The molecule has 2 N–H and O–H groups in total. The van der Waals surface area contributed by atoms with E-state index < -0.39 is 10.0 Å². The molecule has 7 nitrogen and oxygen atoms in total. The largest absolute Gasteiger partial charge is 0.356 e. The molecule has 0 bridgehead atoms. The Morgan fingerprint density at radius 2 is 1.92 bits per heavy atom. The van der Waals surface area contributed by atoms with Gasteiger partial charge >= 0.3 is 0 Å². The minimum Gasteiger partial charge on any atom is -0.356 e. The van der Waals surface area contributed by atoms with Crippen molar-refractivity contribution in [1.82, 2.24) is 19.9 Å². The van der Waals surface area contributed by atoms with Crippen molar-refractivity contribution < 1.29 is 8.42 Å². The number of aromatic nitrogens is 1. The zero-order chi connectivity index (χ0) is 17.3. The van der Waals surface area contributed by atoms with Crippen molar-refractivity contribution in [3.8, 4) is 0 Å². The summed E-state index contributed by atoms with van der Waals surface area (Å²) >= 11 is 1.68. The van der Waals surface area contributed by atoms with Crippen LogP contribution in [0.25, 0.3) is 0 Å². The smallest absolute Gasteiger partial charge is 0.215 e. The highest BCUT2D eigenvalue weighted by Gasteiger charge is 2.18. The van der Waals surface area contributed by atoms with E-state index in [2.05, 4.69) is 20.6 Å². The number of aryl methyl sites for hydroxylation is 1. The molecule has 1 aromatic rings. The molecule has 0 saturated carbocycles. The van der Waals surface area contributed by atoms with Crippen LogP contribution < -0.4 is 10.6 Å². The lowest BCUT2D eigenvalue weighted by Gasteiger charge is -2.19. The van der Waals surface area contributed by atoms with Gasteiger partial charge in [0.15, 0.2) is 5.96 Å². The van der Waals surface area contributed by atoms with Gasteiger partial charge in [0.2, 0.25) is 10.0 Å². The SMILES string of the molecule is CCN(CC)S(=O)(=O)CCNC(=NC)NCCc1ncc(C)s1.I. The lowest BCUT2D eigenvalue weighted by Crippen LogP contribution is -2.42. The van der Waals surface area contributed by atoms with Crippen LogP contribution >= 0.6 is 35.3 Å². The number of hydrogen-bond donors (Lipinski definition) is 2. The third-order valence-electron chi connectivity index (χ3n) is 3.28. The number of halogens is 1. The maximum absolute atomic E-state index is 12.1. The summed E-state index contributed by atoms with van der Waals surface area (Å²) in [7, 11) is -1.54. The third kappa shape index (κ3) is 8.08. The molecule has 140 valence electrons. The summed E-state index contributed by atoms with van der Waals surface area (Å²) in [5.74, 6) is 0.661. The zero-order valence-corrected chi connectivity index (χ0v) is 18.7. The molecule has 1 rings (SSSR count). The van der Waals surface area contributed by atoms with E-state index in [1.165, 1.54) is 9.18 Å². The standard InChI is InChI=1S/C14H27N5O2S2.HI/c1-5-19(6-2)23(20,21)10-9-17-14(15-4)16-8-7-13-18-11-12(3)22-13;/h11H,5-10H2,1-4H3,(H2,15,16,17);1H. The first-order chi connectivity index (χ1) is 10.9. The summed E-state index contributed by atoms with van der Waals surface area (Å²) in [5, 5.41) is 7.28. The van der Waals surface area contributed by atoms with Gasteiger partial charge in [-0.25, -0.2) is 17.7 Å². The zero-order valence-electron chi connectivity index (χ0n) is 14.7. The van der Waals surface area contributed by atoms with Gasteiger partial charge in [-0.2, -0.15) is 0 Å². The average Bonchev–Trinajstić information content (AvgIpc) is 2.92. The molecule has 0 aliphatic rings. The van der Waals surface area contributed by atoms with Crippen molar-refractivity contribution >= 4 is 51.3 Å². The maximum atomic E-state index is 12.1. The summed E-state index contributed by atoms with van der Waals surface area (Å²) in [5.41, 5.74) is 0. The van der Waals surface area contributed by atoms with E-state index in [0.717, 1.165) is 11.4 Å². The van der Waals surface area contributed by atoms with E-state index in [1.54, 1.807) is 18.4 Å². The number of nitrogens with one attached hydrogen (secondary N) is 2. The summed E-state index contributed by atoms with van der Waals surface area (Å²) < 4.78 is 25.6. The van der Waals surface area contributed by atoms with E-state index in [0.29, 0.717) is 32.1 Å². The topological polar surface area (TPSA) is 86.7 Å². The van der Waals surface area contributed by atoms with Crippen LogP contribution in [0.1, 0.15) is 23.7 Å². The summed E-state index contributed by atoms with van der Waals surface area (Å²) in [6.45, 7) is 7.75. The second-order valence-corrected chi connectivity index (χ2v) is 8.35. The van der Waals surface area contributed by atoms with Crippen LogP contribution in [-0.2, 0) is 16.4 Å². The molecule has 10 heteroatoms. The molecule has 0 spiro atoms. The van der Waals surface area contributed by atoms with E-state index in [1.807, 2.05) is 27.0 Å². The Bertz CT molecular complexity index is 600. The van der Waals surface area contributed by atoms with Crippen molar-refractivity contribution in [2.75, 3.05) is 39.0 Å². The molecule has 1 heterocycles. The number of guanidine groups is 1. The van der Waals surface area contributed by atoms with Gasteiger partial charge in [0.05, 0.1) is 10.8 Å². The van der Waals surface area contributed by atoms with Crippen molar-refractivity contribution in [3.63, 3.8) is 0 Å². The third-order valence-corrected chi connectivity index (χ3v) is 6.27. The molecule has 0 saturated heterocycles. The quantitative estimate of drug-likeness (QED) is 0.312. The van der Waals surface area contributed by atoms with Gasteiger partial charge in [-0.1, -0.05) is 13.8 Å². The minimum absolute atomic E-state index is 0. The molecular formula is C14H28IN5O2S2. The number of rotatable bonds is 9. The predicted octanol–water partition coefficient (Wildman–Crippen LogP) is 1.45. The van der Waals surface area contributed by atoms with Crippen LogP contribution in [0.3, 0.4) is 0 Å². The summed E-state index contributed by atoms with van der Waals surface area (Å²) in [4.78, 5) is 9.60. The highest BCUT2D eigenvalue weighted by Crippen LogP contribution is 2.10. The molecule has 0 aliphatic carbocycles. The van der Waals surface area contributed by atoms with Crippen LogP contribution in [0, 0.1) is 6.92 Å². The Labute approximate surface area is 166 Å². The first-order valence-corrected chi connectivity index (χ1v) is 10.2. The fourth-order valence-corrected chi connectivity index (χ4v) is 4.26. The average molecular weight is 489 g/mol. The Hall–Kier alpha value is -0.460. The minimum atomic E-state index is -3.21. The number of aliphatic imine (C=N–C) groups is 1. The van der Waals surface area contributed by atoms with Crippen LogP contribution in [0.4, 0.5) is 0 Å². The lowest BCUT2D eigenvalue weighted by molar-refractivity contribution is 0.445. The second-order valence-electron chi connectivity index (χ2n) is 4.94. The first-order valence-electron chi connectivity index (χ1n) is 7.76. The molecule has 0 aromatic carbocycles. The normalized spacial score (nSPS) is 12.1. The Morgan fingerprint density at radius 1 is 1.29 bits per heavy atom. The van der Waals surface area contributed by atoms with Gasteiger partial charge in [0.25, 0.3) is 0 Å². The van der Waals surface area contributed by atoms with Gasteiger partial charge in [-0.05, 0) is 6.92 Å². The molecule has 0 amide bonds. The number of thiazole rings is 1. The van der Waals surface area contributed by atoms with Crippen molar-refractivity contribution in [2.24, 2.45) is 4.99 Å². The van der Waals surface area contributed by atoms with Crippen LogP contribution in [-0.4, -0.2) is 62.6 Å². The van der Waals surface area contributed by atoms with Gasteiger partial charge in [-0.3, -0.25) is 4.99 Å². The fourth-order valence-electron chi connectivity index (χ4n) is 2.07.